The molecular formula is C9H10F3N3S. The number of thiol groups is 1. The first kappa shape index (κ1) is 12.7. The fraction of sp³-hybridized carbons (Fsp3) is 0.222. The van der Waals surface area contributed by atoms with E-state index in [1.807, 2.05) is 0 Å². The van der Waals surface area contributed by atoms with Crippen LogP contribution in [-0.4, -0.2) is 5.96 Å². The summed E-state index contributed by atoms with van der Waals surface area (Å²) in [6.07, 6.45) is -4.41. The molecule has 0 heterocycles. The van der Waals surface area contributed by atoms with Crippen molar-refractivity contribution in [2.45, 2.75) is 11.9 Å². The number of nitrogens with zero attached hydrogens (tertiary/aromatic N) is 1. The lowest BCUT2D eigenvalue weighted by atomic mass is 10.1. The van der Waals surface area contributed by atoms with Crippen LogP contribution in [0.5, 0.6) is 0 Å². The molecule has 0 spiro atoms. The minimum atomic E-state index is -4.41. The van der Waals surface area contributed by atoms with E-state index >= 15 is 0 Å². The average Bonchev–Trinajstić information content (AvgIpc) is 2.15. The van der Waals surface area contributed by atoms with Crippen molar-refractivity contribution >= 4 is 24.3 Å². The first-order valence-electron chi connectivity index (χ1n) is 4.25. The van der Waals surface area contributed by atoms with Gasteiger partial charge in [-0.15, -0.1) is 0 Å². The third kappa shape index (κ3) is 3.06. The topological polar surface area (TPSA) is 64.4 Å². The van der Waals surface area contributed by atoms with Crippen LogP contribution in [0.25, 0.3) is 0 Å². The molecule has 7 heteroatoms. The number of rotatable bonds is 2. The Morgan fingerprint density at radius 1 is 1.31 bits per heavy atom. The Kier molecular flexibility index (Phi) is 3.69. The molecule has 1 rings (SSSR count). The molecular weight excluding hydrogens is 239 g/mol. The number of guanidine groups is 1. The summed E-state index contributed by atoms with van der Waals surface area (Å²) in [6, 6.07) is 3.17. The molecule has 0 unspecified atom stereocenters. The van der Waals surface area contributed by atoms with Crippen LogP contribution in [0, 0.1) is 0 Å². The number of hydrogen-bond donors (Lipinski definition) is 3. The Hall–Kier alpha value is -1.37. The number of aliphatic imine (C=N–C) groups is 1. The molecule has 16 heavy (non-hydrogen) atoms. The minimum absolute atomic E-state index is 0.0878. The van der Waals surface area contributed by atoms with E-state index in [1.54, 1.807) is 0 Å². The van der Waals surface area contributed by atoms with E-state index in [2.05, 4.69) is 17.6 Å². The standard InChI is InChI=1S/C9H10F3N3S/c10-9(11,12)6-2-1-5(4-16)7(3-6)15-8(13)14/h1-3,16H,4H2,(H4,13,14,15). The van der Waals surface area contributed by atoms with Crippen molar-refractivity contribution in [3.05, 3.63) is 29.3 Å². The Morgan fingerprint density at radius 3 is 2.38 bits per heavy atom. The maximum absolute atomic E-state index is 12.4. The van der Waals surface area contributed by atoms with Gasteiger partial charge in [0.05, 0.1) is 11.3 Å². The van der Waals surface area contributed by atoms with E-state index in [4.69, 9.17) is 11.5 Å². The largest absolute Gasteiger partial charge is 0.416 e. The third-order valence-corrected chi connectivity index (χ3v) is 2.17. The lowest BCUT2D eigenvalue weighted by Gasteiger charge is -2.09. The van der Waals surface area contributed by atoms with Crippen molar-refractivity contribution in [3.8, 4) is 0 Å². The quantitative estimate of drug-likeness (QED) is 0.426. The second kappa shape index (κ2) is 4.65. The normalized spacial score (nSPS) is 11.2. The highest BCUT2D eigenvalue weighted by Crippen LogP contribution is 2.33. The summed E-state index contributed by atoms with van der Waals surface area (Å²) in [6.45, 7) is 0. The Balaban J connectivity index is 3.27. The molecule has 4 N–H and O–H groups in total. The van der Waals surface area contributed by atoms with Gasteiger partial charge in [0.15, 0.2) is 5.96 Å². The van der Waals surface area contributed by atoms with Crippen LogP contribution >= 0.6 is 12.6 Å². The van der Waals surface area contributed by atoms with Crippen molar-refractivity contribution in [1.82, 2.24) is 0 Å². The number of nitrogens with two attached hydrogens (primary N) is 2. The van der Waals surface area contributed by atoms with E-state index in [-0.39, 0.29) is 17.4 Å². The highest BCUT2D eigenvalue weighted by Gasteiger charge is 2.30. The number of alkyl halides is 3. The summed E-state index contributed by atoms with van der Waals surface area (Å²) < 4.78 is 37.2. The number of benzene rings is 1. The van der Waals surface area contributed by atoms with Crippen molar-refractivity contribution in [2.75, 3.05) is 0 Å². The predicted octanol–water partition coefficient (Wildman–Crippen LogP) is 2.04. The molecule has 1 aromatic rings. The van der Waals surface area contributed by atoms with Crippen LogP contribution in [0.1, 0.15) is 11.1 Å². The minimum Gasteiger partial charge on any atom is -0.370 e. The van der Waals surface area contributed by atoms with E-state index in [0.29, 0.717) is 5.56 Å². The van der Waals surface area contributed by atoms with Gasteiger partial charge in [0.1, 0.15) is 0 Å². The molecule has 88 valence electrons. The SMILES string of the molecule is NC(N)=Nc1cc(C(F)(F)F)ccc1CS. The zero-order valence-electron chi connectivity index (χ0n) is 8.12. The van der Waals surface area contributed by atoms with Crippen molar-refractivity contribution < 1.29 is 13.2 Å². The third-order valence-electron chi connectivity index (χ3n) is 1.83. The van der Waals surface area contributed by atoms with Gasteiger partial charge in [-0.05, 0) is 17.7 Å². The predicted molar refractivity (Wildman–Crippen MR) is 59.6 cm³/mol. The van der Waals surface area contributed by atoms with Crippen molar-refractivity contribution in [1.29, 1.82) is 0 Å². The average molecular weight is 249 g/mol. The van der Waals surface area contributed by atoms with E-state index in [1.165, 1.54) is 6.07 Å². The van der Waals surface area contributed by atoms with Crippen LogP contribution < -0.4 is 11.5 Å². The van der Waals surface area contributed by atoms with Gasteiger partial charge in [-0.3, -0.25) is 0 Å². The van der Waals surface area contributed by atoms with Gasteiger partial charge in [-0.25, -0.2) is 4.99 Å². The molecule has 0 fully saturated rings. The summed E-state index contributed by atoms with van der Waals surface area (Å²) in [7, 11) is 0. The van der Waals surface area contributed by atoms with Gasteiger partial charge in [-0.2, -0.15) is 25.8 Å². The van der Waals surface area contributed by atoms with Crippen LogP contribution in [-0.2, 0) is 11.9 Å². The van der Waals surface area contributed by atoms with E-state index < -0.39 is 11.7 Å². The van der Waals surface area contributed by atoms with Crippen molar-refractivity contribution in [2.24, 2.45) is 16.5 Å². The van der Waals surface area contributed by atoms with Crippen molar-refractivity contribution in [3.63, 3.8) is 0 Å². The lowest BCUT2D eigenvalue weighted by Crippen LogP contribution is -2.22. The first-order valence-corrected chi connectivity index (χ1v) is 4.88. The zero-order valence-corrected chi connectivity index (χ0v) is 9.02. The zero-order chi connectivity index (χ0) is 12.3. The highest BCUT2D eigenvalue weighted by atomic mass is 32.1. The van der Waals surface area contributed by atoms with Crippen LogP contribution in [0.2, 0.25) is 0 Å². The monoisotopic (exact) mass is 249 g/mol. The summed E-state index contributed by atoms with van der Waals surface area (Å²) in [5.41, 5.74) is 10.1. The smallest absolute Gasteiger partial charge is 0.370 e. The Labute approximate surface area is 95.8 Å². The summed E-state index contributed by atoms with van der Waals surface area (Å²) in [5, 5.41) is 0. The van der Waals surface area contributed by atoms with Gasteiger partial charge in [-0.1, -0.05) is 6.07 Å². The molecule has 0 saturated carbocycles. The molecule has 0 radical (unpaired) electrons. The van der Waals surface area contributed by atoms with Gasteiger partial charge < -0.3 is 11.5 Å². The van der Waals surface area contributed by atoms with Gasteiger partial charge in [0.2, 0.25) is 0 Å². The second-order valence-electron chi connectivity index (χ2n) is 3.04. The fourth-order valence-corrected chi connectivity index (χ4v) is 1.38. The number of halogens is 3. The molecule has 0 aliphatic rings. The molecule has 1 aromatic carbocycles. The molecule has 0 aliphatic carbocycles. The molecule has 0 saturated heterocycles. The molecule has 0 atom stereocenters. The summed E-state index contributed by atoms with van der Waals surface area (Å²) >= 11 is 3.98. The first-order chi connectivity index (χ1) is 7.34. The second-order valence-corrected chi connectivity index (χ2v) is 3.35. The van der Waals surface area contributed by atoms with E-state index in [9.17, 15) is 13.2 Å². The maximum Gasteiger partial charge on any atom is 0.416 e. The van der Waals surface area contributed by atoms with Gasteiger partial charge >= 0.3 is 6.18 Å². The maximum atomic E-state index is 12.4. The van der Waals surface area contributed by atoms with Gasteiger partial charge in [0, 0.05) is 5.75 Å². The number of hydrogen-bond acceptors (Lipinski definition) is 2. The Morgan fingerprint density at radius 2 is 1.94 bits per heavy atom. The lowest BCUT2D eigenvalue weighted by molar-refractivity contribution is -0.137. The molecule has 0 aliphatic heterocycles. The summed E-state index contributed by atoms with van der Waals surface area (Å²) in [4.78, 5) is 3.63. The summed E-state index contributed by atoms with van der Waals surface area (Å²) in [5.74, 6) is -0.0353. The van der Waals surface area contributed by atoms with Crippen LogP contribution in [0.4, 0.5) is 18.9 Å². The van der Waals surface area contributed by atoms with E-state index in [0.717, 1.165) is 12.1 Å². The van der Waals surface area contributed by atoms with Crippen LogP contribution in [0.15, 0.2) is 23.2 Å². The molecule has 0 amide bonds. The highest BCUT2D eigenvalue weighted by molar-refractivity contribution is 7.79. The fourth-order valence-electron chi connectivity index (χ4n) is 1.12. The molecule has 3 nitrogen and oxygen atoms in total. The Bertz CT molecular complexity index is 411. The van der Waals surface area contributed by atoms with Gasteiger partial charge in [0.25, 0.3) is 0 Å². The molecule has 0 bridgehead atoms. The van der Waals surface area contributed by atoms with Crippen LogP contribution in [0.3, 0.4) is 0 Å². The molecule has 0 aromatic heterocycles.